The molecule has 3 N–H and O–H groups in total. The Labute approximate surface area is 176 Å². The molecule has 11 heteroatoms. The third kappa shape index (κ3) is 3.92. The first kappa shape index (κ1) is 21.4. The molecule has 1 aliphatic heterocycles. The Bertz CT molecular complexity index is 908. The van der Waals surface area contributed by atoms with E-state index in [2.05, 4.69) is 10.3 Å². The number of ether oxygens (including phenoxy) is 1. The Morgan fingerprint density at radius 1 is 1.35 bits per heavy atom. The predicted octanol–water partition coefficient (Wildman–Crippen LogP) is 2.38. The zero-order chi connectivity index (χ0) is 22.6. The highest BCUT2D eigenvalue weighted by Gasteiger charge is 2.59. The first-order valence-electron chi connectivity index (χ1n) is 10.1. The smallest absolute Gasteiger partial charge is 0.391 e. The van der Waals surface area contributed by atoms with Gasteiger partial charge in [0.1, 0.15) is 17.7 Å². The molecule has 4 amide bonds. The summed E-state index contributed by atoms with van der Waals surface area (Å²) in [5.41, 5.74) is 5.45. The van der Waals surface area contributed by atoms with Crippen molar-refractivity contribution >= 4 is 17.8 Å². The van der Waals surface area contributed by atoms with E-state index in [4.69, 9.17) is 10.5 Å². The van der Waals surface area contributed by atoms with Crippen LogP contribution in [-0.2, 0) is 4.79 Å². The number of primary amides is 1. The van der Waals surface area contributed by atoms with Crippen LogP contribution < -0.4 is 15.8 Å². The summed E-state index contributed by atoms with van der Waals surface area (Å²) in [5, 5.41) is 2.39. The molecular formula is C20H23F3N4O4. The minimum Gasteiger partial charge on any atom is -0.474 e. The van der Waals surface area contributed by atoms with Gasteiger partial charge in [-0.3, -0.25) is 14.5 Å². The van der Waals surface area contributed by atoms with Gasteiger partial charge < -0.3 is 15.8 Å². The van der Waals surface area contributed by atoms with Crippen LogP contribution in [0.2, 0.25) is 0 Å². The van der Waals surface area contributed by atoms with E-state index in [-0.39, 0.29) is 29.0 Å². The van der Waals surface area contributed by atoms with E-state index in [9.17, 15) is 27.6 Å². The maximum Gasteiger partial charge on any atom is 0.391 e. The summed E-state index contributed by atoms with van der Waals surface area (Å²) >= 11 is 0. The predicted molar refractivity (Wildman–Crippen MR) is 101 cm³/mol. The Morgan fingerprint density at radius 2 is 2.03 bits per heavy atom. The van der Waals surface area contributed by atoms with Crippen molar-refractivity contribution in [3.63, 3.8) is 0 Å². The summed E-state index contributed by atoms with van der Waals surface area (Å²) in [7, 11) is 0. The molecule has 2 saturated carbocycles. The number of aromatic nitrogens is 1. The van der Waals surface area contributed by atoms with E-state index in [1.807, 2.05) is 0 Å². The van der Waals surface area contributed by atoms with Gasteiger partial charge in [-0.25, -0.2) is 9.78 Å². The van der Waals surface area contributed by atoms with Crippen LogP contribution in [0, 0.1) is 11.3 Å². The van der Waals surface area contributed by atoms with Crippen LogP contribution >= 0.6 is 0 Å². The van der Waals surface area contributed by atoms with Gasteiger partial charge in [0, 0.05) is 12.2 Å². The van der Waals surface area contributed by atoms with Crippen LogP contribution in [0.5, 0.6) is 5.88 Å². The quantitative estimate of drug-likeness (QED) is 0.660. The van der Waals surface area contributed by atoms with E-state index in [0.29, 0.717) is 25.7 Å². The van der Waals surface area contributed by atoms with Gasteiger partial charge in [0.05, 0.1) is 5.92 Å². The van der Waals surface area contributed by atoms with Crippen LogP contribution in [0.15, 0.2) is 18.3 Å². The topological polar surface area (TPSA) is 115 Å². The maximum absolute atomic E-state index is 12.8. The van der Waals surface area contributed by atoms with Gasteiger partial charge in [0.15, 0.2) is 0 Å². The van der Waals surface area contributed by atoms with Crippen molar-refractivity contribution in [1.82, 2.24) is 15.2 Å². The highest BCUT2D eigenvalue weighted by molar-refractivity contribution is 6.04. The number of halogens is 3. The summed E-state index contributed by atoms with van der Waals surface area (Å²) in [6.45, 7) is 1.00. The van der Waals surface area contributed by atoms with Crippen LogP contribution in [-0.4, -0.2) is 52.1 Å². The lowest BCUT2D eigenvalue weighted by atomic mass is 9.52. The van der Waals surface area contributed by atoms with Crippen molar-refractivity contribution in [3.05, 3.63) is 23.9 Å². The minimum atomic E-state index is -4.41. The molecule has 4 rings (SSSR count). The van der Waals surface area contributed by atoms with Gasteiger partial charge in [-0.05, 0) is 49.7 Å². The molecule has 0 unspecified atom stereocenters. The average Bonchev–Trinajstić information content (AvgIpc) is 2.89. The number of hydrogen-bond acceptors (Lipinski definition) is 5. The molecular weight excluding hydrogens is 417 g/mol. The van der Waals surface area contributed by atoms with E-state index < -0.39 is 42.4 Å². The number of carbonyl (C=O) groups is 3. The summed E-state index contributed by atoms with van der Waals surface area (Å²) in [6, 6.07) is 1.03. The van der Waals surface area contributed by atoms with Crippen molar-refractivity contribution in [1.29, 1.82) is 0 Å². The fourth-order valence-electron chi connectivity index (χ4n) is 4.82. The minimum absolute atomic E-state index is 0.0745. The number of nitrogens with one attached hydrogen (secondary N) is 1. The lowest BCUT2D eigenvalue weighted by Crippen LogP contribution is -2.60. The van der Waals surface area contributed by atoms with Gasteiger partial charge in [-0.15, -0.1) is 0 Å². The van der Waals surface area contributed by atoms with Crippen molar-refractivity contribution < 1.29 is 32.3 Å². The molecule has 0 aromatic carbocycles. The zero-order valence-corrected chi connectivity index (χ0v) is 16.8. The molecule has 168 valence electrons. The third-order valence-electron chi connectivity index (χ3n) is 6.54. The second-order valence-corrected chi connectivity index (χ2v) is 8.82. The molecule has 2 heterocycles. The number of urea groups is 1. The monoisotopic (exact) mass is 440 g/mol. The first-order valence-corrected chi connectivity index (χ1v) is 10.1. The maximum atomic E-state index is 12.8. The number of hydrogen-bond donors (Lipinski definition) is 2. The molecule has 3 fully saturated rings. The van der Waals surface area contributed by atoms with Gasteiger partial charge >= 0.3 is 12.2 Å². The molecule has 1 spiro atoms. The zero-order valence-electron chi connectivity index (χ0n) is 16.8. The number of pyridine rings is 1. The van der Waals surface area contributed by atoms with E-state index in [1.165, 1.54) is 12.3 Å². The highest BCUT2D eigenvalue weighted by Crippen LogP contribution is 2.58. The van der Waals surface area contributed by atoms with Crippen LogP contribution in [0.3, 0.4) is 0 Å². The van der Waals surface area contributed by atoms with E-state index in [1.54, 1.807) is 6.07 Å². The highest BCUT2D eigenvalue weighted by atomic mass is 19.4. The molecule has 2 atom stereocenters. The normalized spacial score (nSPS) is 31.1. The number of amides is 4. The van der Waals surface area contributed by atoms with Gasteiger partial charge in [-0.2, -0.15) is 13.2 Å². The van der Waals surface area contributed by atoms with Crippen molar-refractivity contribution in [2.24, 2.45) is 17.1 Å². The van der Waals surface area contributed by atoms with E-state index in [0.717, 1.165) is 11.8 Å². The van der Waals surface area contributed by atoms with Crippen LogP contribution in [0.1, 0.15) is 49.4 Å². The van der Waals surface area contributed by atoms with Crippen LogP contribution in [0.25, 0.3) is 0 Å². The largest absolute Gasteiger partial charge is 0.474 e. The average molecular weight is 440 g/mol. The number of alkyl halides is 3. The molecule has 8 nitrogen and oxygen atoms in total. The van der Waals surface area contributed by atoms with Crippen molar-refractivity contribution in [2.45, 2.75) is 63.4 Å². The standard InChI is InChI=1S/C20H23F3N4O4/c1-10(20(21,22)23)5-14-17(29)27(18(30)26-14)11-6-19(7-11)8-12(9-19)31-16-13(15(24)28)3-2-4-25-16/h2-4,10-12,14H,5-9H2,1H3,(H2,24,28)(H,26,30)/t10-,11-,12-,14-,19?/m0/s1. The summed E-state index contributed by atoms with van der Waals surface area (Å²) in [4.78, 5) is 41.4. The summed E-state index contributed by atoms with van der Waals surface area (Å²) in [6.07, 6.45) is -1.02. The molecule has 0 bridgehead atoms. The van der Waals surface area contributed by atoms with Crippen LogP contribution in [0.4, 0.5) is 18.0 Å². The second kappa shape index (κ2) is 7.38. The third-order valence-corrected chi connectivity index (χ3v) is 6.54. The number of nitrogens with zero attached hydrogens (tertiary/aromatic N) is 2. The SMILES string of the molecule is C[C@@H](C[C@@H]1NC(=O)N([C@H]2CC3(C[C@H](Oc4ncccc4C(N)=O)C3)C2)C1=O)C(F)(F)F. The number of nitrogens with two attached hydrogens (primary N) is 1. The fraction of sp³-hybridized carbons (Fsp3) is 0.600. The second-order valence-electron chi connectivity index (χ2n) is 8.82. The Hall–Kier alpha value is -2.85. The Balaban J connectivity index is 1.30. The van der Waals surface area contributed by atoms with Crippen molar-refractivity contribution in [2.75, 3.05) is 0 Å². The lowest BCUT2D eigenvalue weighted by molar-refractivity contribution is -0.173. The number of carbonyl (C=O) groups excluding carboxylic acids is 3. The summed E-state index contributed by atoms with van der Waals surface area (Å²) < 4.78 is 44.2. The van der Waals surface area contributed by atoms with Crippen molar-refractivity contribution in [3.8, 4) is 5.88 Å². The lowest BCUT2D eigenvalue weighted by Gasteiger charge is -2.58. The fourth-order valence-corrected chi connectivity index (χ4v) is 4.82. The Kier molecular flexibility index (Phi) is 5.09. The first-order chi connectivity index (χ1) is 14.5. The molecule has 1 aromatic rings. The molecule has 1 aromatic heterocycles. The van der Waals surface area contributed by atoms with Gasteiger partial charge in [0.25, 0.3) is 11.8 Å². The van der Waals surface area contributed by atoms with Gasteiger partial charge in [0.2, 0.25) is 5.88 Å². The molecule has 1 saturated heterocycles. The van der Waals surface area contributed by atoms with Gasteiger partial charge in [-0.1, -0.05) is 6.92 Å². The van der Waals surface area contributed by atoms with E-state index >= 15 is 0 Å². The Morgan fingerprint density at radius 3 is 2.65 bits per heavy atom. The summed E-state index contributed by atoms with van der Waals surface area (Å²) in [5.74, 6) is -2.72. The molecule has 2 aliphatic carbocycles. The number of imide groups is 1. The number of rotatable bonds is 6. The molecule has 3 aliphatic rings. The molecule has 0 radical (unpaired) electrons. The molecule has 31 heavy (non-hydrogen) atoms.